The summed E-state index contributed by atoms with van der Waals surface area (Å²) in [4.78, 5) is 0. The zero-order chi connectivity index (χ0) is 10.8. The smallest absolute Gasteiger partial charge is 0.0121 e. The predicted molar refractivity (Wildman–Crippen MR) is 74.8 cm³/mol. The number of nitrogens with one attached hydrogen (secondary N) is 2. The number of rotatable bonds is 8. The molecule has 0 atom stereocenters. The number of hydrogen-bond acceptors (Lipinski definition) is 2. The summed E-state index contributed by atoms with van der Waals surface area (Å²) in [5.41, 5.74) is 1.41. The van der Waals surface area contributed by atoms with Gasteiger partial charge in [-0.1, -0.05) is 52.9 Å². The summed E-state index contributed by atoms with van der Waals surface area (Å²) in [6.45, 7) is 4.30. The zero-order valence-corrected chi connectivity index (χ0v) is 11.2. The lowest BCUT2D eigenvalue weighted by Gasteiger charge is -2.05. The first-order valence-electron chi connectivity index (χ1n) is 5.45. The fourth-order valence-corrected chi connectivity index (χ4v) is 1.75. The van der Waals surface area contributed by atoms with E-state index in [0.29, 0.717) is 0 Å². The van der Waals surface area contributed by atoms with E-state index in [9.17, 15) is 0 Å². The van der Waals surface area contributed by atoms with Gasteiger partial charge in [-0.3, -0.25) is 0 Å². The average Bonchev–Trinajstić information content (AvgIpc) is 2.29. The van der Waals surface area contributed by atoms with Gasteiger partial charge < -0.3 is 10.6 Å². The third-order valence-corrected chi connectivity index (χ3v) is 2.72. The highest BCUT2D eigenvalue weighted by Crippen LogP contribution is 1.97. The largest absolute Gasteiger partial charge is 0.315 e. The molecule has 3 heteroatoms. The molecule has 0 amide bonds. The lowest BCUT2D eigenvalue weighted by atomic mass is 10.1. The fourth-order valence-electron chi connectivity index (χ4n) is 1.37. The van der Waals surface area contributed by atoms with E-state index in [1.807, 2.05) is 0 Å². The maximum Gasteiger partial charge on any atom is 0.0121 e. The molecule has 0 saturated heterocycles. The molecule has 0 heterocycles. The van der Waals surface area contributed by atoms with Crippen molar-refractivity contribution in [3.05, 3.63) is 35.9 Å². The minimum Gasteiger partial charge on any atom is -0.315 e. The standard InChI is InChI=1S/C12H19IN2/c13-7-9-15-11-10-14-8-6-12-4-2-1-3-5-12/h1-5,14-15H,6-11H2. The lowest BCUT2D eigenvalue weighted by molar-refractivity contribution is 0.627. The monoisotopic (exact) mass is 318 g/mol. The summed E-state index contributed by atoms with van der Waals surface area (Å²) in [5, 5.41) is 6.79. The maximum atomic E-state index is 3.43. The third-order valence-electron chi connectivity index (χ3n) is 2.18. The molecular formula is C12H19IN2. The molecule has 0 bridgehead atoms. The van der Waals surface area contributed by atoms with Crippen molar-refractivity contribution in [2.45, 2.75) is 6.42 Å². The molecule has 0 aliphatic carbocycles. The van der Waals surface area contributed by atoms with Gasteiger partial charge in [0.2, 0.25) is 0 Å². The Balaban J connectivity index is 1.93. The fraction of sp³-hybridized carbons (Fsp3) is 0.500. The molecule has 84 valence electrons. The van der Waals surface area contributed by atoms with Crippen LogP contribution in [-0.4, -0.2) is 30.6 Å². The molecule has 0 spiro atoms. The van der Waals surface area contributed by atoms with Crippen molar-refractivity contribution in [3.8, 4) is 0 Å². The van der Waals surface area contributed by atoms with Gasteiger partial charge in [0.25, 0.3) is 0 Å². The van der Waals surface area contributed by atoms with E-state index in [1.165, 1.54) is 9.99 Å². The molecular weight excluding hydrogens is 299 g/mol. The second-order valence-electron chi connectivity index (χ2n) is 3.42. The van der Waals surface area contributed by atoms with Crippen LogP contribution in [0.5, 0.6) is 0 Å². The minimum absolute atomic E-state index is 1.06. The number of hydrogen-bond donors (Lipinski definition) is 2. The van der Waals surface area contributed by atoms with Crippen LogP contribution in [0.15, 0.2) is 30.3 Å². The van der Waals surface area contributed by atoms with Crippen molar-refractivity contribution >= 4 is 22.6 Å². The first-order valence-corrected chi connectivity index (χ1v) is 6.97. The highest BCUT2D eigenvalue weighted by Gasteiger charge is 1.91. The van der Waals surface area contributed by atoms with Crippen LogP contribution < -0.4 is 10.6 Å². The molecule has 1 rings (SSSR count). The minimum atomic E-state index is 1.06. The molecule has 0 aliphatic heterocycles. The molecule has 0 fully saturated rings. The van der Waals surface area contributed by atoms with E-state index in [0.717, 1.165) is 32.6 Å². The Morgan fingerprint density at radius 3 is 2.20 bits per heavy atom. The van der Waals surface area contributed by atoms with Gasteiger partial charge >= 0.3 is 0 Å². The van der Waals surface area contributed by atoms with Crippen LogP contribution in [-0.2, 0) is 6.42 Å². The Hall–Kier alpha value is -0.130. The van der Waals surface area contributed by atoms with Gasteiger partial charge in [-0.05, 0) is 18.5 Å². The molecule has 15 heavy (non-hydrogen) atoms. The molecule has 0 aliphatic rings. The van der Waals surface area contributed by atoms with Gasteiger partial charge in [0.1, 0.15) is 0 Å². The number of alkyl halides is 1. The van der Waals surface area contributed by atoms with Crippen molar-refractivity contribution in [3.63, 3.8) is 0 Å². The van der Waals surface area contributed by atoms with E-state index >= 15 is 0 Å². The Morgan fingerprint density at radius 2 is 1.53 bits per heavy atom. The molecule has 0 radical (unpaired) electrons. The van der Waals surface area contributed by atoms with Gasteiger partial charge in [-0.2, -0.15) is 0 Å². The van der Waals surface area contributed by atoms with E-state index in [1.54, 1.807) is 0 Å². The predicted octanol–water partition coefficient (Wildman–Crippen LogP) is 1.84. The van der Waals surface area contributed by atoms with Crippen molar-refractivity contribution < 1.29 is 0 Å². The molecule has 0 saturated carbocycles. The van der Waals surface area contributed by atoms with Gasteiger partial charge in [0, 0.05) is 24.1 Å². The van der Waals surface area contributed by atoms with Gasteiger partial charge in [-0.25, -0.2) is 0 Å². The molecule has 1 aromatic rings. The van der Waals surface area contributed by atoms with E-state index in [2.05, 4.69) is 63.6 Å². The highest BCUT2D eigenvalue weighted by atomic mass is 127. The molecule has 0 unspecified atom stereocenters. The van der Waals surface area contributed by atoms with E-state index in [4.69, 9.17) is 0 Å². The zero-order valence-electron chi connectivity index (χ0n) is 9.01. The summed E-state index contributed by atoms with van der Waals surface area (Å²) < 4.78 is 1.18. The van der Waals surface area contributed by atoms with Crippen LogP contribution in [0.4, 0.5) is 0 Å². The maximum absolute atomic E-state index is 3.43. The van der Waals surface area contributed by atoms with E-state index in [-0.39, 0.29) is 0 Å². The molecule has 1 aromatic carbocycles. The van der Waals surface area contributed by atoms with E-state index < -0.39 is 0 Å². The molecule has 0 aromatic heterocycles. The van der Waals surface area contributed by atoms with Gasteiger partial charge in [0.05, 0.1) is 0 Å². The van der Waals surface area contributed by atoms with Crippen molar-refractivity contribution in [2.24, 2.45) is 0 Å². The summed E-state index contributed by atoms with van der Waals surface area (Å²) in [6, 6.07) is 10.6. The summed E-state index contributed by atoms with van der Waals surface area (Å²) in [7, 11) is 0. The van der Waals surface area contributed by atoms with Gasteiger partial charge in [0.15, 0.2) is 0 Å². The molecule has 2 N–H and O–H groups in total. The number of benzene rings is 1. The summed E-state index contributed by atoms with van der Waals surface area (Å²) in [5.74, 6) is 0. The number of halogens is 1. The lowest BCUT2D eigenvalue weighted by Crippen LogP contribution is -2.29. The van der Waals surface area contributed by atoms with Crippen LogP contribution in [0.1, 0.15) is 5.56 Å². The Labute approximate surface area is 106 Å². The Kier molecular flexibility index (Phi) is 7.87. The Bertz CT molecular complexity index is 239. The first-order chi connectivity index (χ1) is 7.43. The van der Waals surface area contributed by atoms with Crippen molar-refractivity contribution in [1.82, 2.24) is 10.6 Å². The quantitative estimate of drug-likeness (QED) is 0.434. The van der Waals surface area contributed by atoms with Crippen LogP contribution in [0.2, 0.25) is 0 Å². The SMILES string of the molecule is ICCNCCNCCc1ccccc1. The summed E-state index contributed by atoms with van der Waals surface area (Å²) in [6.07, 6.45) is 1.12. The topological polar surface area (TPSA) is 24.1 Å². The van der Waals surface area contributed by atoms with Crippen molar-refractivity contribution in [2.75, 3.05) is 30.6 Å². The second kappa shape index (κ2) is 9.12. The van der Waals surface area contributed by atoms with Crippen LogP contribution >= 0.6 is 22.6 Å². The highest BCUT2D eigenvalue weighted by molar-refractivity contribution is 14.1. The first kappa shape index (κ1) is 12.9. The van der Waals surface area contributed by atoms with Crippen molar-refractivity contribution in [1.29, 1.82) is 0 Å². The third kappa shape index (κ3) is 6.87. The van der Waals surface area contributed by atoms with Crippen LogP contribution in [0, 0.1) is 0 Å². The van der Waals surface area contributed by atoms with Crippen LogP contribution in [0.3, 0.4) is 0 Å². The second-order valence-corrected chi connectivity index (χ2v) is 4.50. The Morgan fingerprint density at radius 1 is 0.867 bits per heavy atom. The molecule has 2 nitrogen and oxygen atoms in total. The van der Waals surface area contributed by atoms with Gasteiger partial charge in [-0.15, -0.1) is 0 Å². The van der Waals surface area contributed by atoms with Crippen LogP contribution in [0.25, 0.3) is 0 Å². The summed E-state index contributed by atoms with van der Waals surface area (Å²) >= 11 is 2.38. The normalized spacial score (nSPS) is 10.5. The average molecular weight is 318 g/mol.